The zero-order chi connectivity index (χ0) is 28.4. The van der Waals surface area contributed by atoms with Crippen LogP contribution in [0.5, 0.6) is 11.5 Å². The van der Waals surface area contributed by atoms with Gasteiger partial charge in [0.05, 0.1) is 21.3 Å². The van der Waals surface area contributed by atoms with Crippen LogP contribution in [0.25, 0.3) is 0 Å². The standard InChI is InChI=1S/C29H34IN3O5S/c1-5-37-27-17-23(16-25(30)28(27)38-19-22-9-7-6-8-10-22)18-31-32-29(34)26(15-20(2)3)33-39(35,36)24-13-11-21(4)12-14-24/h6-14,16-18,20,26,33H,5,15,19H2,1-4H3,(H,32,34)/b31-18-/t26-/m1/s1. The number of hydrazone groups is 1. The molecular weight excluding hydrogens is 629 g/mol. The molecule has 0 unspecified atom stereocenters. The van der Waals surface area contributed by atoms with E-state index in [2.05, 4.69) is 37.8 Å². The summed E-state index contributed by atoms with van der Waals surface area (Å²) >= 11 is 2.17. The molecule has 0 bridgehead atoms. The van der Waals surface area contributed by atoms with Crippen molar-refractivity contribution in [2.24, 2.45) is 11.0 Å². The number of rotatable bonds is 13. The maximum Gasteiger partial charge on any atom is 0.258 e. The van der Waals surface area contributed by atoms with Gasteiger partial charge in [0.15, 0.2) is 11.5 Å². The van der Waals surface area contributed by atoms with Crippen LogP contribution in [-0.4, -0.2) is 33.2 Å². The second-order valence-electron chi connectivity index (χ2n) is 9.39. The van der Waals surface area contributed by atoms with E-state index in [1.165, 1.54) is 18.3 Å². The number of amides is 1. The van der Waals surface area contributed by atoms with Gasteiger partial charge < -0.3 is 9.47 Å². The van der Waals surface area contributed by atoms with E-state index < -0.39 is 22.0 Å². The number of carbonyl (C=O) groups is 1. The van der Waals surface area contributed by atoms with Crippen molar-refractivity contribution in [3.05, 3.63) is 87.0 Å². The second-order valence-corrected chi connectivity index (χ2v) is 12.3. The Balaban J connectivity index is 1.72. The number of sulfonamides is 1. The van der Waals surface area contributed by atoms with E-state index in [9.17, 15) is 13.2 Å². The van der Waals surface area contributed by atoms with E-state index >= 15 is 0 Å². The Kier molecular flexibility index (Phi) is 11.3. The number of hydrogen-bond donors (Lipinski definition) is 2. The lowest BCUT2D eigenvalue weighted by molar-refractivity contribution is -0.123. The van der Waals surface area contributed by atoms with Crippen molar-refractivity contribution in [1.29, 1.82) is 0 Å². The predicted octanol–water partition coefficient (Wildman–Crippen LogP) is 5.42. The van der Waals surface area contributed by atoms with Gasteiger partial charge in [-0.3, -0.25) is 4.79 Å². The molecule has 10 heteroatoms. The summed E-state index contributed by atoms with van der Waals surface area (Å²) in [7, 11) is -3.89. The molecule has 0 aliphatic heterocycles. The minimum atomic E-state index is -3.89. The van der Waals surface area contributed by atoms with Crippen molar-refractivity contribution < 1.29 is 22.7 Å². The van der Waals surface area contributed by atoms with E-state index in [0.29, 0.717) is 36.7 Å². The molecule has 39 heavy (non-hydrogen) atoms. The first-order valence-electron chi connectivity index (χ1n) is 12.6. The van der Waals surface area contributed by atoms with Gasteiger partial charge in [-0.05, 0) is 84.2 Å². The fraction of sp³-hybridized carbons (Fsp3) is 0.310. The van der Waals surface area contributed by atoms with Crippen LogP contribution in [0.1, 0.15) is 43.9 Å². The van der Waals surface area contributed by atoms with Crippen LogP contribution < -0.4 is 19.6 Å². The molecule has 0 saturated carbocycles. The lowest BCUT2D eigenvalue weighted by atomic mass is 10.0. The molecule has 1 amide bonds. The van der Waals surface area contributed by atoms with E-state index in [1.807, 2.05) is 64.1 Å². The molecular formula is C29H34IN3O5S. The number of ether oxygens (including phenoxy) is 2. The molecule has 3 aromatic rings. The predicted molar refractivity (Wildman–Crippen MR) is 162 cm³/mol. The van der Waals surface area contributed by atoms with Gasteiger partial charge in [-0.15, -0.1) is 0 Å². The molecule has 8 nitrogen and oxygen atoms in total. The summed E-state index contributed by atoms with van der Waals surface area (Å²) in [4.78, 5) is 13.0. The minimum Gasteiger partial charge on any atom is -0.490 e. The van der Waals surface area contributed by atoms with Crippen molar-refractivity contribution >= 4 is 44.7 Å². The molecule has 208 valence electrons. The summed E-state index contributed by atoms with van der Waals surface area (Å²) < 4.78 is 41.0. The molecule has 0 saturated heterocycles. The van der Waals surface area contributed by atoms with E-state index in [-0.39, 0.29) is 10.8 Å². The van der Waals surface area contributed by atoms with Gasteiger partial charge in [0, 0.05) is 0 Å². The second kappa shape index (κ2) is 14.4. The third kappa shape index (κ3) is 9.33. The summed E-state index contributed by atoms with van der Waals surface area (Å²) in [6.45, 7) is 8.45. The minimum absolute atomic E-state index is 0.0733. The highest BCUT2D eigenvalue weighted by atomic mass is 127. The number of aryl methyl sites for hydroxylation is 1. The lowest BCUT2D eigenvalue weighted by Crippen LogP contribution is -2.46. The van der Waals surface area contributed by atoms with Crippen LogP contribution in [0.3, 0.4) is 0 Å². The summed E-state index contributed by atoms with van der Waals surface area (Å²) in [6.07, 6.45) is 1.80. The number of nitrogens with one attached hydrogen (secondary N) is 2. The Bertz CT molecular complexity index is 1380. The highest BCUT2D eigenvalue weighted by Gasteiger charge is 2.26. The number of carbonyl (C=O) groups excluding carboxylic acids is 1. The SMILES string of the molecule is CCOc1cc(/C=N\NC(=O)[C@@H](CC(C)C)NS(=O)(=O)c2ccc(C)cc2)cc(I)c1OCc1ccccc1. The quantitative estimate of drug-likeness (QED) is 0.144. The van der Waals surface area contributed by atoms with Crippen molar-refractivity contribution in [2.75, 3.05) is 6.61 Å². The molecule has 0 spiro atoms. The maximum atomic E-state index is 12.9. The van der Waals surface area contributed by atoms with Gasteiger partial charge in [-0.2, -0.15) is 9.82 Å². The third-order valence-electron chi connectivity index (χ3n) is 5.60. The zero-order valence-electron chi connectivity index (χ0n) is 22.5. The highest BCUT2D eigenvalue weighted by molar-refractivity contribution is 14.1. The van der Waals surface area contributed by atoms with Crippen LogP contribution in [0.2, 0.25) is 0 Å². The molecule has 2 N–H and O–H groups in total. The largest absolute Gasteiger partial charge is 0.490 e. The van der Waals surface area contributed by atoms with E-state index in [1.54, 1.807) is 18.2 Å². The van der Waals surface area contributed by atoms with Crippen LogP contribution in [0.4, 0.5) is 0 Å². The zero-order valence-corrected chi connectivity index (χ0v) is 25.5. The van der Waals surface area contributed by atoms with Gasteiger partial charge in [-0.1, -0.05) is 61.9 Å². The Morgan fingerprint density at radius 2 is 1.74 bits per heavy atom. The fourth-order valence-electron chi connectivity index (χ4n) is 3.70. The third-order valence-corrected chi connectivity index (χ3v) is 7.89. The number of hydrogen-bond acceptors (Lipinski definition) is 6. The molecule has 3 rings (SSSR count). The summed E-state index contributed by atoms with van der Waals surface area (Å²) in [5.41, 5.74) is 5.15. The first kappa shape index (κ1) is 30.6. The first-order valence-corrected chi connectivity index (χ1v) is 15.2. The van der Waals surface area contributed by atoms with Crippen LogP contribution in [0.15, 0.2) is 76.7 Å². The molecule has 0 radical (unpaired) electrons. The van der Waals surface area contributed by atoms with Gasteiger partial charge in [-0.25, -0.2) is 13.8 Å². The van der Waals surface area contributed by atoms with Gasteiger partial charge in [0.2, 0.25) is 10.0 Å². The summed E-state index contributed by atoms with van der Waals surface area (Å²) in [5, 5.41) is 4.09. The highest BCUT2D eigenvalue weighted by Crippen LogP contribution is 2.34. The van der Waals surface area contributed by atoms with Crippen molar-refractivity contribution in [1.82, 2.24) is 10.1 Å². The first-order chi connectivity index (χ1) is 18.6. The van der Waals surface area contributed by atoms with Crippen molar-refractivity contribution in [3.63, 3.8) is 0 Å². The number of benzene rings is 3. The van der Waals surface area contributed by atoms with E-state index in [4.69, 9.17) is 9.47 Å². The van der Waals surface area contributed by atoms with Gasteiger partial charge in [0.25, 0.3) is 5.91 Å². The average Bonchev–Trinajstić information content (AvgIpc) is 2.88. The van der Waals surface area contributed by atoms with Gasteiger partial charge in [0.1, 0.15) is 12.6 Å². The van der Waals surface area contributed by atoms with Crippen LogP contribution in [0, 0.1) is 16.4 Å². The molecule has 0 heterocycles. The number of halogens is 1. The monoisotopic (exact) mass is 663 g/mol. The number of nitrogens with zero attached hydrogens (tertiary/aromatic N) is 1. The Labute approximate surface area is 244 Å². The average molecular weight is 664 g/mol. The summed E-state index contributed by atoms with van der Waals surface area (Å²) in [5.74, 6) is 0.726. The van der Waals surface area contributed by atoms with Crippen LogP contribution >= 0.6 is 22.6 Å². The molecule has 0 aromatic heterocycles. The summed E-state index contributed by atoms with van der Waals surface area (Å²) in [6, 6.07) is 19.0. The van der Waals surface area contributed by atoms with Gasteiger partial charge >= 0.3 is 0 Å². The topological polar surface area (TPSA) is 106 Å². The molecule has 0 fully saturated rings. The Morgan fingerprint density at radius 3 is 2.38 bits per heavy atom. The molecule has 0 aliphatic rings. The molecule has 3 aromatic carbocycles. The normalized spacial score (nSPS) is 12.5. The fourth-order valence-corrected chi connectivity index (χ4v) is 5.69. The van der Waals surface area contributed by atoms with E-state index in [0.717, 1.165) is 14.7 Å². The Hall–Kier alpha value is -2.96. The lowest BCUT2D eigenvalue weighted by Gasteiger charge is -2.19. The molecule has 0 aliphatic carbocycles. The smallest absolute Gasteiger partial charge is 0.258 e. The van der Waals surface area contributed by atoms with Crippen LogP contribution in [-0.2, 0) is 21.4 Å². The molecule has 1 atom stereocenters. The Morgan fingerprint density at radius 1 is 1.05 bits per heavy atom. The maximum absolute atomic E-state index is 12.9. The van der Waals surface area contributed by atoms with Crippen molar-refractivity contribution in [2.45, 2.75) is 51.7 Å². The van der Waals surface area contributed by atoms with Crippen molar-refractivity contribution in [3.8, 4) is 11.5 Å².